The standard InChI is InChI=1S/C25H29F3N8O5/c1-24(2)15(9-34(3)4)10-36(22(24)38)19-16(11-35(5)33-19)31-20(37)17-12-40-21(32-17)14-6-7-29-18(8-14)41-23(39)30-13-25(26,27)28/h6-8,11-12,15H,9-10,13H2,1-5H3,(H,30,39)(H,31,37). The minimum atomic E-state index is -4.60. The molecule has 1 atom stereocenters. The maximum Gasteiger partial charge on any atom is 0.414 e. The molecule has 1 unspecified atom stereocenters. The fraction of sp³-hybridized carbons (Fsp3) is 0.440. The number of oxazole rings is 1. The number of pyridine rings is 1. The fourth-order valence-corrected chi connectivity index (χ4v) is 4.33. The molecule has 16 heteroatoms. The monoisotopic (exact) mass is 578 g/mol. The second kappa shape index (κ2) is 11.2. The van der Waals surface area contributed by atoms with Gasteiger partial charge in [-0.3, -0.25) is 19.2 Å². The molecule has 0 aromatic carbocycles. The van der Waals surface area contributed by atoms with Crippen LogP contribution in [-0.4, -0.2) is 82.5 Å². The van der Waals surface area contributed by atoms with Gasteiger partial charge in [0.1, 0.15) is 18.5 Å². The number of rotatable bonds is 8. The third-order valence-corrected chi connectivity index (χ3v) is 6.47. The zero-order chi connectivity index (χ0) is 30.1. The van der Waals surface area contributed by atoms with Crippen LogP contribution in [-0.2, 0) is 11.8 Å². The van der Waals surface area contributed by atoms with Crippen LogP contribution in [0.2, 0.25) is 0 Å². The molecule has 4 rings (SSSR count). The molecule has 1 fully saturated rings. The number of carbonyl (C=O) groups excluding carboxylic acids is 3. The average Bonchev–Trinajstić information content (AvgIpc) is 3.56. The van der Waals surface area contributed by atoms with E-state index in [4.69, 9.17) is 9.15 Å². The summed E-state index contributed by atoms with van der Waals surface area (Å²) in [5.74, 6) is -0.737. The molecule has 220 valence electrons. The summed E-state index contributed by atoms with van der Waals surface area (Å²) >= 11 is 0. The summed E-state index contributed by atoms with van der Waals surface area (Å²) in [5.41, 5.74) is -0.177. The summed E-state index contributed by atoms with van der Waals surface area (Å²) in [6, 6.07) is 2.66. The Hall–Kier alpha value is -4.47. The zero-order valence-corrected chi connectivity index (χ0v) is 22.9. The van der Waals surface area contributed by atoms with Gasteiger partial charge >= 0.3 is 12.3 Å². The van der Waals surface area contributed by atoms with Gasteiger partial charge in [-0.15, -0.1) is 0 Å². The number of nitrogens with zero attached hydrogens (tertiary/aromatic N) is 6. The Morgan fingerprint density at radius 1 is 1.29 bits per heavy atom. The van der Waals surface area contributed by atoms with Crippen LogP contribution in [0, 0.1) is 11.3 Å². The van der Waals surface area contributed by atoms with E-state index < -0.39 is 30.1 Å². The van der Waals surface area contributed by atoms with Gasteiger partial charge < -0.3 is 24.7 Å². The average molecular weight is 579 g/mol. The van der Waals surface area contributed by atoms with Gasteiger partial charge in [0, 0.05) is 49.3 Å². The van der Waals surface area contributed by atoms with E-state index in [-0.39, 0.29) is 34.9 Å². The number of amides is 3. The molecule has 2 N–H and O–H groups in total. The molecule has 0 radical (unpaired) electrons. The predicted octanol–water partition coefficient (Wildman–Crippen LogP) is 2.92. The van der Waals surface area contributed by atoms with Gasteiger partial charge in [0.25, 0.3) is 5.91 Å². The number of alkyl halides is 3. The third-order valence-electron chi connectivity index (χ3n) is 6.47. The number of nitrogens with one attached hydrogen (secondary N) is 2. The first-order valence-electron chi connectivity index (χ1n) is 12.4. The first-order chi connectivity index (χ1) is 19.1. The minimum Gasteiger partial charge on any atom is -0.444 e. The van der Waals surface area contributed by atoms with E-state index in [2.05, 4.69) is 20.4 Å². The summed E-state index contributed by atoms with van der Waals surface area (Å²) in [6.45, 7) is 3.35. The molecule has 1 aliphatic rings. The molecular formula is C25H29F3N8O5. The lowest BCUT2D eigenvalue weighted by Gasteiger charge is -2.25. The van der Waals surface area contributed by atoms with Crippen molar-refractivity contribution in [2.24, 2.45) is 18.4 Å². The van der Waals surface area contributed by atoms with Crippen LogP contribution in [0.1, 0.15) is 24.3 Å². The van der Waals surface area contributed by atoms with Gasteiger partial charge in [-0.1, -0.05) is 13.8 Å². The molecular weight excluding hydrogens is 549 g/mol. The highest BCUT2D eigenvalue weighted by atomic mass is 19.4. The topological polar surface area (TPSA) is 148 Å². The SMILES string of the molecule is CN(C)CC1CN(c2nn(C)cc2NC(=O)c2coc(-c3ccnc(OC(=O)NCC(F)(F)F)c3)n2)C(=O)C1(C)C. The maximum atomic E-state index is 13.3. The van der Waals surface area contributed by atoms with Crippen LogP contribution in [0.15, 0.2) is 35.2 Å². The summed E-state index contributed by atoms with van der Waals surface area (Å²) in [4.78, 5) is 49.5. The van der Waals surface area contributed by atoms with E-state index in [1.807, 2.05) is 32.8 Å². The predicted molar refractivity (Wildman–Crippen MR) is 139 cm³/mol. The maximum absolute atomic E-state index is 13.3. The van der Waals surface area contributed by atoms with Crippen molar-refractivity contribution in [3.05, 3.63) is 36.5 Å². The first-order valence-corrected chi connectivity index (χ1v) is 12.4. The van der Waals surface area contributed by atoms with Crippen LogP contribution >= 0.6 is 0 Å². The van der Waals surface area contributed by atoms with Crippen molar-refractivity contribution >= 4 is 29.4 Å². The normalized spacial score (nSPS) is 16.8. The largest absolute Gasteiger partial charge is 0.444 e. The Bertz CT molecular complexity index is 1450. The second-order valence-electron chi connectivity index (χ2n) is 10.4. The lowest BCUT2D eigenvalue weighted by molar-refractivity contribution is -0.125. The summed E-state index contributed by atoms with van der Waals surface area (Å²) in [5, 5.41) is 8.71. The highest BCUT2D eigenvalue weighted by molar-refractivity contribution is 6.07. The zero-order valence-electron chi connectivity index (χ0n) is 22.9. The van der Waals surface area contributed by atoms with Crippen molar-refractivity contribution in [1.82, 2.24) is 30.0 Å². The van der Waals surface area contributed by atoms with Crippen LogP contribution < -0.4 is 20.3 Å². The molecule has 4 heterocycles. The molecule has 0 saturated carbocycles. The van der Waals surface area contributed by atoms with Gasteiger partial charge in [-0.2, -0.15) is 18.3 Å². The Morgan fingerprint density at radius 2 is 2.02 bits per heavy atom. The number of aryl methyl sites for hydroxylation is 1. The summed E-state index contributed by atoms with van der Waals surface area (Å²) in [7, 11) is 5.55. The number of anilines is 2. The van der Waals surface area contributed by atoms with Gasteiger partial charge in [0.05, 0.1) is 6.20 Å². The number of halogens is 3. The Balaban J connectivity index is 1.47. The van der Waals surface area contributed by atoms with Gasteiger partial charge in [0.15, 0.2) is 11.5 Å². The molecule has 1 saturated heterocycles. The molecule has 41 heavy (non-hydrogen) atoms. The minimum absolute atomic E-state index is 0.0347. The van der Waals surface area contributed by atoms with Crippen molar-refractivity contribution in [2.45, 2.75) is 20.0 Å². The van der Waals surface area contributed by atoms with Gasteiger partial charge in [-0.25, -0.2) is 14.8 Å². The number of carbonyl (C=O) groups is 3. The van der Waals surface area contributed by atoms with E-state index in [1.165, 1.54) is 23.0 Å². The number of hydrogen-bond acceptors (Lipinski definition) is 9. The molecule has 0 spiro atoms. The molecule has 1 aliphatic heterocycles. The Morgan fingerprint density at radius 3 is 2.71 bits per heavy atom. The Labute approximate surface area is 232 Å². The van der Waals surface area contributed by atoms with Gasteiger partial charge in [0.2, 0.25) is 17.7 Å². The summed E-state index contributed by atoms with van der Waals surface area (Å²) < 4.78 is 48.5. The second-order valence-corrected chi connectivity index (χ2v) is 10.4. The first kappa shape index (κ1) is 29.5. The van der Waals surface area contributed by atoms with E-state index >= 15 is 0 Å². The third kappa shape index (κ3) is 6.82. The summed E-state index contributed by atoms with van der Waals surface area (Å²) in [6.07, 6.45) is -2.04. The Kier molecular flexibility index (Phi) is 8.05. The van der Waals surface area contributed by atoms with Crippen LogP contribution in [0.25, 0.3) is 11.5 Å². The highest BCUT2D eigenvalue weighted by Crippen LogP contribution is 2.41. The van der Waals surface area contributed by atoms with Crippen molar-refractivity contribution in [3.63, 3.8) is 0 Å². The number of aromatic nitrogens is 4. The quantitative estimate of drug-likeness (QED) is 0.412. The highest BCUT2D eigenvalue weighted by Gasteiger charge is 2.48. The molecule has 3 aromatic heterocycles. The van der Waals surface area contributed by atoms with E-state index in [9.17, 15) is 27.6 Å². The molecule has 0 bridgehead atoms. The lowest BCUT2D eigenvalue weighted by Crippen LogP contribution is -2.35. The van der Waals surface area contributed by atoms with Gasteiger partial charge in [-0.05, 0) is 20.2 Å². The van der Waals surface area contributed by atoms with Crippen molar-refractivity contribution in [2.75, 3.05) is 43.9 Å². The molecule has 0 aliphatic carbocycles. The molecule has 3 aromatic rings. The number of ether oxygens (including phenoxy) is 1. The van der Waals surface area contributed by atoms with Crippen LogP contribution in [0.4, 0.5) is 29.5 Å². The fourth-order valence-electron chi connectivity index (χ4n) is 4.33. The van der Waals surface area contributed by atoms with E-state index in [0.717, 1.165) is 6.26 Å². The van der Waals surface area contributed by atoms with Crippen molar-refractivity contribution in [3.8, 4) is 17.3 Å². The molecule has 3 amide bonds. The molecule has 13 nitrogen and oxygen atoms in total. The van der Waals surface area contributed by atoms with E-state index in [1.54, 1.807) is 23.5 Å². The lowest BCUT2D eigenvalue weighted by atomic mass is 9.81. The van der Waals surface area contributed by atoms with Crippen molar-refractivity contribution in [1.29, 1.82) is 0 Å². The van der Waals surface area contributed by atoms with Crippen LogP contribution in [0.5, 0.6) is 5.88 Å². The van der Waals surface area contributed by atoms with Crippen molar-refractivity contribution < 1.29 is 36.7 Å². The van der Waals surface area contributed by atoms with E-state index in [0.29, 0.717) is 24.6 Å². The number of hydrogen-bond donors (Lipinski definition) is 2. The van der Waals surface area contributed by atoms with Crippen LogP contribution in [0.3, 0.4) is 0 Å². The smallest absolute Gasteiger partial charge is 0.414 e.